The van der Waals surface area contributed by atoms with Gasteiger partial charge in [0.2, 0.25) is 0 Å². The van der Waals surface area contributed by atoms with E-state index in [9.17, 15) is 0 Å². The van der Waals surface area contributed by atoms with E-state index >= 15 is 0 Å². The van der Waals surface area contributed by atoms with E-state index in [0.717, 1.165) is 42.8 Å². The van der Waals surface area contributed by atoms with Gasteiger partial charge in [0.1, 0.15) is 0 Å². The molecular weight excluding hydrogens is 329 g/mol. The van der Waals surface area contributed by atoms with Crippen LogP contribution in [0.25, 0.3) is 10.4 Å². The van der Waals surface area contributed by atoms with E-state index in [1.165, 1.54) is 5.69 Å². The molecule has 0 aromatic heterocycles. The highest BCUT2D eigenvalue weighted by atomic mass is 16.7. The topological polar surface area (TPSA) is 82.5 Å². The summed E-state index contributed by atoms with van der Waals surface area (Å²) in [5.41, 5.74) is 12.3. The molecule has 0 spiro atoms. The summed E-state index contributed by atoms with van der Waals surface area (Å²) in [4.78, 5) is 5.30. The van der Waals surface area contributed by atoms with Gasteiger partial charge < -0.3 is 19.5 Å². The zero-order chi connectivity index (χ0) is 18.9. The smallest absolute Gasteiger partial charge is 0.399 e. The van der Waals surface area contributed by atoms with Gasteiger partial charge in [0.05, 0.1) is 17.7 Å². The maximum atomic E-state index is 8.74. The molecule has 0 aliphatic carbocycles. The van der Waals surface area contributed by atoms with Crippen LogP contribution in [0.5, 0.6) is 0 Å². The highest BCUT2D eigenvalue weighted by Gasteiger charge is 2.51. The van der Waals surface area contributed by atoms with Crippen molar-refractivity contribution in [1.29, 1.82) is 0 Å². The number of nitrogens with zero attached hydrogens (tertiary/aromatic N) is 4. The van der Waals surface area contributed by atoms with Crippen LogP contribution >= 0.6 is 0 Å². The number of rotatable bonds is 4. The third kappa shape index (κ3) is 3.55. The van der Waals surface area contributed by atoms with Gasteiger partial charge in [-0.1, -0.05) is 11.2 Å². The molecule has 2 fully saturated rings. The van der Waals surface area contributed by atoms with Gasteiger partial charge in [-0.15, -0.1) is 0 Å². The van der Waals surface area contributed by atoms with E-state index < -0.39 is 7.12 Å². The Morgan fingerprint density at radius 2 is 1.81 bits per heavy atom. The Balaban J connectivity index is 2.00. The summed E-state index contributed by atoms with van der Waals surface area (Å²) < 4.78 is 12.5. The van der Waals surface area contributed by atoms with Crippen LogP contribution in [0.1, 0.15) is 38.8 Å². The Kier molecular flexibility index (Phi) is 5.22. The zero-order valence-electron chi connectivity index (χ0n) is 16.4. The van der Waals surface area contributed by atoms with E-state index in [1.807, 2.05) is 0 Å². The van der Waals surface area contributed by atoms with Gasteiger partial charge in [-0.3, -0.25) is 0 Å². The number of azide groups is 1. The largest absolute Gasteiger partial charge is 0.494 e. The number of piperazine rings is 1. The van der Waals surface area contributed by atoms with Gasteiger partial charge in [-0.25, -0.2) is 0 Å². The molecule has 7 nitrogen and oxygen atoms in total. The molecule has 2 saturated heterocycles. The molecule has 26 heavy (non-hydrogen) atoms. The van der Waals surface area contributed by atoms with E-state index in [2.05, 4.69) is 67.0 Å². The fourth-order valence-electron chi connectivity index (χ4n) is 3.40. The number of hydrogen-bond acceptors (Lipinski definition) is 5. The van der Waals surface area contributed by atoms with Gasteiger partial charge in [0.25, 0.3) is 0 Å². The standard InChI is InChI=1S/C18H28BN5O2/c1-13-14(12-22-23-20)10-15(11-16(13)24-8-6-21-7-9-24)19-25-17(2,3)18(4,5)26-19/h10-11,21H,6-9,12H2,1-5H3. The maximum absolute atomic E-state index is 8.74. The molecule has 140 valence electrons. The second-order valence-electron chi connectivity index (χ2n) is 8.04. The molecule has 1 N–H and O–H groups in total. The van der Waals surface area contributed by atoms with Crippen molar-refractivity contribution in [2.45, 2.75) is 52.4 Å². The molecule has 0 amide bonds. The average molecular weight is 357 g/mol. The first kappa shape index (κ1) is 19.0. The molecule has 0 saturated carbocycles. The minimum Gasteiger partial charge on any atom is -0.399 e. The molecule has 1 aromatic rings. The number of benzene rings is 1. The van der Waals surface area contributed by atoms with Gasteiger partial charge in [-0.05, 0) is 62.8 Å². The van der Waals surface area contributed by atoms with Gasteiger partial charge >= 0.3 is 7.12 Å². The van der Waals surface area contributed by atoms with Crippen molar-refractivity contribution in [2.75, 3.05) is 31.1 Å². The van der Waals surface area contributed by atoms with Crippen molar-refractivity contribution < 1.29 is 9.31 Å². The van der Waals surface area contributed by atoms with E-state index in [4.69, 9.17) is 14.8 Å². The van der Waals surface area contributed by atoms with Crippen LogP contribution in [0.3, 0.4) is 0 Å². The quantitative estimate of drug-likeness (QED) is 0.389. The fourth-order valence-corrected chi connectivity index (χ4v) is 3.40. The van der Waals surface area contributed by atoms with Crippen LogP contribution in [0, 0.1) is 6.92 Å². The average Bonchev–Trinajstić information content (AvgIpc) is 2.82. The molecule has 0 atom stereocenters. The summed E-state index contributed by atoms with van der Waals surface area (Å²) in [5, 5.41) is 7.17. The van der Waals surface area contributed by atoms with Crippen molar-refractivity contribution in [2.24, 2.45) is 5.11 Å². The molecule has 2 aliphatic rings. The molecule has 0 bridgehead atoms. The molecule has 3 rings (SSSR count). The maximum Gasteiger partial charge on any atom is 0.494 e. The van der Waals surface area contributed by atoms with Crippen LogP contribution in [-0.2, 0) is 15.9 Å². The lowest BCUT2D eigenvalue weighted by atomic mass is 9.77. The highest BCUT2D eigenvalue weighted by molar-refractivity contribution is 6.62. The van der Waals surface area contributed by atoms with Crippen LogP contribution in [0.4, 0.5) is 5.69 Å². The zero-order valence-corrected chi connectivity index (χ0v) is 16.4. The number of hydrogen-bond donors (Lipinski definition) is 1. The lowest BCUT2D eigenvalue weighted by molar-refractivity contribution is 0.00578. The molecular formula is C18H28BN5O2. The van der Waals surface area contributed by atoms with Crippen LogP contribution in [0.2, 0.25) is 0 Å². The van der Waals surface area contributed by atoms with Crippen molar-refractivity contribution in [3.8, 4) is 0 Å². The summed E-state index contributed by atoms with van der Waals surface area (Å²) in [5.74, 6) is 0. The Morgan fingerprint density at radius 1 is 1.19 bits per heavy atom. The van der Waals surface area contributed by atoms with E-state index in [1.54, 1.807) is 0 Å². The molecule has 2 aliphatic heterocycles. The van der Waals surface area contributed by atoms with Gasteiger partial charge in [0, 0.05) is 36.8 Å². The lowest BCUT2D eigenvalue weighted by Gasteiger charge is -2.32. The first-order valence-electron chi connectivity index (χ1n) is 9.21. The second-order valence-corrected chi connectivity index (χ2v) is 8.04. The summed E-state index contributed by atoms with van der Waals surface area (Å²) in [6, 6.07) is 4.22. The van der Waals surface area contributed by atoms with Crippen LogP contribution in [0.15, 0.2) is 17.2 Å². The SMILES string of the molecule is Cc1c(CN=[N+]=[N-])cc(B2OC(C)(C)C(C)(C)O2)cc1N1CCNCC1. The predicted octanol–water partition coefficient (Wildman–Crippen LogP) is 2.51. The third-order valence-corrected chi connectivity index (χ3v) is 5.80. The summed E-state index contributed by atoms with van der Waals surface area (Å²) in [6.45, 7) is 14.5. The first-order valence-corrected chi connectivity index (χ1v) is 9.21. The summed E-state index contributed by atoms with van der Waals surface area (Å²) >= 11 is 0. The summed E-state index contributed by atoms with van der Waals surface area (Å²) in [7, 11) is -0.424. The Labute approximate surface area is 155 Å². The minimum absolute atomic E-state index is 0.328. The molecule has 2 heterocycles. The minimum atomic E-state index is -0.424. The first-order chi connectivity index (χ1) is 12.2. The fraction of sp³-hybridized carbons (Fsp3) is 0.667. The van der Waals surface area contributed by atoms with E-state index in [0.29, 0.717) is 6.54 Å². The second kappa shape index (κ2) is 7.12. The molecule has 0 radical (unpaired) electrons. The number of nitrogens with one attached hydrogen (secondary N) is 1. The van der Waals surface area contributed by atoms with Crippen molar-refractivity contribution in [1.82, 2.24) is 5.32 Å². The Bertz CT molecular complexity index is 709. The Hall–Kier alpha value is -1.73. The van der Waals surface area contributed by atoms with Gasteiger partial charge in [0.15, 0.2) is 0 Å². The van der Waals surface area contributed by atoms with Crippen molar-refractivity contribution >= 4 is 18.3 Å². The molecule has 8 heteroatoms. The van der Waals surface area contributed by atoms with E-state index in [-0.39, 0.29) is 11.2 Å². The van der Waals surface area contributed by atoms with Gasteiger partial charge in [-0.2, -0.15) is 0 Å². The Morgan fingerprint density at radius 3 is 2.38 bits per heavy atom. The highest BCUT2D eigenvalue weighted by Crippen LogP contribution is 2.37. The summed E-state index contributed by atoms with van der Waals surface area (Å²) in [6.07, 6.45) is 0. The lowest BCUT2D eigenvalue weighted by Crippen LogP contribution is -2.44. The predicted molar refractivity (Wildman–Crippen MR) is 105 cm³/mol. The molecule has 1 aromatic carbocycles. The number of anilines is 1. The van der Waals surface area contributed by atoms with Crippen molar-refractivity contribution in [3.05, 3.63) is 33.7 Å². The molecule has 0 unspecified atom stereocenters. The van der Waals surface area contributed by atoms with Crippen molar-refractivity contribution in [3.63, 3.8) is 0 Å². The third-order valence-electron chi connectivity index (χ3n) is 5.80. The monoisotopic (exact) mass is 357 g/mol. The van der Waals surface area contributed by atoms with Crippen LogP contribution in [-0.4, -0.2) is 44.5 Å². The normalized spacial score (nSPS) is 21.6. The van der Waals surface area contributed by atoms with Crippen LogP contribution < -0.4 is 15.7 Å².